The normalized spacial score (nSPS) is 18.2. The van der Waals surface area contributed by atoms with Crippen LogP contribution in [-0.4, -0.2) is 60.2 Å². The number of amides is 2. The van der Waals surface area contributed by atoms with Crippen molar-refractivity contribution >= 4 is 34.4 Å². The molecule has 1 saturated heterocycles. The highest BCUT2D eigenvalue weighted by atomic mass is 35.5. The lowest BCUT2D eigenvalue weighted by atomic mass is 9.63. The van der Waals surface area contributed by atoms with E-state index in [9.17, 15) is 36.3 Å². The molecule has 8 nitrogen and oxygen atoms in total. The highest BCUT2D eigenvalue weighted by Gasteiger charge is 2.61. The second-order valence-electron chi connectivity index (χ2n) is 15.1. The third-order valence-electron chi connectivity index (χ3n) is 10.1. The Morgan fingerprint density at radius 3 is 2.25 bits per heavy atom. The zero-order chi connectivity index (χ0) is 37.9. The molecule has 1 aromatic heterocycles. The lowest BCUT2D eigenvalue weighted by Gasteiger charge is -2.47. The molecule has 2 aromatic carbocycles. The fourth-order valence-corrected chi connectivity index (χ4v) is 7.48. The van der Waals surface area contributed by atoms with Crippen molar-refractivity contribution in [2.75, 3.05) is 19.6 Å². The number of carbonyl (C=O) groups is 2. The number of alkyl halides is 5. The standard InChI is InChI=1S/C38H45ClF5N3O5/c1-35(2,3)46-34(50)36(25-7-5-4-6-8-25)16-19-47(20-17-36)18-15-27(21-24-9-11-26(39)12-10-24)45-33(49)32-23-30(48)29-22-28(13-14-31(29)51-32)52-38(43,44)37(40,41)42/h9-14,22-23,25,27H,4-8,15-21H2,1-3H3,(H,45,49)(H,46,50)/t27-/m1/s1. The van der Waals surface area contributed by atoms with Crippen LogP contribution >= 0.6 is 11.6 Å². The van der Waals surface area contributed by atoms with Gasteiger partial charge in [0.25, 0.3) is 5.91 Å². The lowest BCUT2D eigenvalue weighted by Crippen LogP contribution is -2.56. The number of ether oxygens (including phenoxy) is 1. The molecular weight excluding hydrogens is 709 g/mol. The Bertz CT molecular complexity index is 1780. The summed E-state index contributed by atoms with van der Waals surface area (Å²) in [5.41, 5.74) is -0.863. The predicted octanol–water partition coefficient (Wildman–Crippen LogP) is 8.29. The van der Waals surface area contributed by atoms with Crippen molar-refractivity contribution in [2.45, 2.75) is 102 Å². The maximum absolute atomic E-state index is 13.8. The number of nitrogens with zero attached hydrogens (tertiary/aromatic N) is 1. The Labute approximate surface area is 304 Å². The van der Waals surface area contributed by atoms with E-state index in [0.717, 1.165) is 75.4 Å². The topological polar surface area (TPSA) is 101 Å². The number of hydrogen-bond donors (Lipinski definition) is 2. The van der Waals surface area contributed by atoms with E-state index in [2.05, 4.69) is 20.3 Å². The molecule has 0 radical (unpaired) electrons. The van der Waals surface area contributed by atoms with Crippen LogP contribution in [0.3, 0.4) is 0 Å². The largest absolute Gasteiger partial charge is 0.499 e. The first-order valence-electron chi connectivity index (χ1n) is 17.7. The van der Waals surface area contributed by atoms with E-state index in [1.165, 1.54) is 6.42 Å². The van der Waals surface area contributed by atoms with Crippen LogP contribution < -0.4 is 20.8 Å². The predicted molar refractivity (Wildman–Crippen MR) is 188 cm³/mol. The van der Waals surface area contributed by atoms with Crippen LogP contribution in [0.5, 0.6) is 5.75 Å². The van der Waals surface area contributed by atoms with Gasteiger partial charge in [0.05, 0.1) is 10.8 Å². The molecule has 2 aliphatic rings. The smallest absolute Gasteiger partial charge is 0.451 e. The molecule has 5 rings (SSSR count). The highest BCUT2D eigenvalue weighted by Crippen LogP contribution is 2.46. The van der Waals surface area contributed by atoms with Gasteiger partial charge >= 0.3 is 12.3 Å². The van der Waals surface area contributed by atoms with Gasteiger partial charge in [-0.1, -0.05) is 43.0 Å². The van der Waals surface area contributed by atoms with Gasteiger partial charge in [-0.05, 0) is 114 Å². The molecule has 1 aliphatic carbocycles. The van der Waals surface area contributed by atoms with Crippen LogP contribution in [-0.2, 0) is 11.2 Å². The molecular formula is C38H45ClF5N3O5. The molecule has 1 saturated carbocycles. The van der Waals surface area contributed by atoms with Gasteiger partial charge < -0.3 is 24.7 Å². The Morgan fingerprint density at radius 2 is 1.63 bits per heavy atom. The number of benzene rings is 2. The summed E-state index contributed by atoms with van der Waals surface area (Å²) in [6, 6.07) is 10.2. The summed E-state index contributed by atoms with van der Waals surface area (Å²) in [4.78, 5) is 42.5. The second kappa shape index (κ2) is 15.7. The zero-order valence-electron chi connectivity index (χ0n) is 29.5. The third-order valence-corrected chi connectivity index (χ3v) is 10.4. The Balaban J connectivity index is 1.29. The van der Waals surface area contributed by atoms with Gasteiger partial charge in [0, 0.05) is 29.2 Å². The molecule has 2 heterocycles. The molecule has 2 amide bonds. The van der Waals surface area contributed by atoms with Crippen LogP contribution in [0, 0.1) is 11.3 Å². The summed E-state index contributed by atoms with van der Waals surface area (Å²) in [5, 5.41) is 6.45. The maximum atomic E-state index is 13.8. The molecule has 2 fully saturated rings. The minimum Gasteiger partial charge on any atom is -0.451 e. The number of carbonyl (C=O) groups excluding carboxylic acids is 2. The number of rotatable bonds is 11. The molecule has 284 valence electrons. The van der Waals surface area contributed by atoms with Crippen molar-refractivity contribution in [2.24, 2.45) is 11.3 Å². The first kappa shape index (κ1) is 39.5. The Kier molecular flexibility index (Phi) is 11.9. The van der Waals surface area contributed by atoms with E-state index in [1.807, 2.05) is 32.9 Å². The number of halogens is 6. The van der Waals surface area contributed by atoms with Crippen LogP contribution in [0.2, 0.25) is 5.02 Å². The van der Waals surface area contributed by atoms with Crippen molar-refractivity contribution < 1.29 is 40.7 Å². The first-order chi connectivity index (χ1) is 24.3. The van der Waals surface area contributed by atoms with Crippen molar-refractivity contribution in [1.29, 1.82) is 0 Å². The summed E-state index contributed by atoms with van der Waals surface area (Å²) >= 11 is 6.09. The number of nitrogens with one attached hydrogen (secondary N) is 2. The molecule has 1 atom stereocenters. The SMILES string of the molecule is CC(C)(C)NC(=O)C1(C2CCCCC2)CCN(CC[C@H](Cc2ccc(Cl)cc2)NC(=O)c2cc(=O)c3cc(OC(F)(F)C(F)(F)F)ccc3o2)CC1. The number of piperidine rings is 1. The minimum atomic E-state index is -5.97. The summed E-state index contributed by atoms with van der Waals surface area (Å²) < 4.78 is 74.2. The molecule has 3 aromatic rings. The van der Waals surface area contributed by atoms with Gasteiger partial charge in [-0.2, -0.15) is 22.0 Å². The van der Waals surface area contributed by atoms with Gasteiger partial charge in [0.2, 0.25) is 5.91 Å². The zero-order valence-corrected chi connectivity index (χ0v) is 30.3. The summed E-state index contributed by atoms with van der Waals surface area (Å²) in [7, 11) is 0. The molecule has 0 unspecified atom stereocenters. The van der Waals surface area contributed by atoms with Crippen LogP contribution in [0.1, 0.15) is 88.3 Å². The average molecular weight is 754 g/mol. The molecule has 0 bridgehead atoms. The fourth-order valence-electron chi connectivity index (χ4n) is 7.36. The van der Waals surface area contributed by atoms with Gasteiger partial charge in [0.15, 0.2) is 11.2 Å². The van der Waals surface area contributed by atoms with Gasteiger partial charge in [0.1, 0.15) is 11.3 Å². The van der Waals surface area contributed by atoms with E-state index in [0.29, 0.717) is 36.4 Å². The average Bonchev–Trinajstić information content (AvgIpc) is 3.07. The van der Waals surface area contributed by atoms with Crippen molar-refractivity contribution in [1.82, 2.24) is 15.5 Å². The highest BCUT2D eigenvalue weighted by molar-refractivity contribution is 6.30. The van der Waals surface area contributed by atoms with Gasteiger partial charge in [-0.3, -0.25) is 14.4 Å². The Morgan fingerprint density at radius 1 is 0.981 bits per heavy atom. The Hall–Kier alpha value is -3.71. The van der Waals surface area contributed by atoms with E-state index >= 15 is 0 Å². The molecule has 1 aliphatic heterocycles. The first-order valence-corrected chi connectivity index (χ1v) is 18.0. The molecule has 2 N–H and O–H groups in total. The monoisotopic (exact) mass is 753 g/mol. The van der Waals surface area contributed by atoms with Gasteiger partial charge in [-0.25, -0.2) is 0 Å². The molecule has 14 heteroatoms. The number of likely N-dealkylation sites (tertiary alicyclic amines) is 1. The summed E-state index contributed by atoms with van der Waals surface area (Å²) in [6.45, 7) is 8.11. The lowest BCUT2D eigenvalue weighted by molar-refractivity contribution is -0.360. The van der Waals surface area contributed by atoms with Crippen LogP contribution in [0.15, 0.2) is 57.7 Å². The van der Waals surface area contributed by atoms with E-state index in [1.54, 1.807) is 12.1 Å². The fraction of sp³-hybridized carbons (Fsp3) is 0.553. The van der Waals surface area contributed by atoms with E-state index in [-0.39, 0.29) is 28.2 Å². The van der Waals surface area contributed by atoms with Crippen molar-refractivity contribution in [3.63, 3.8) is 0 Å². The maximum Gasteiger partial charge on any atom is 0.499 e. The number of fused-ring (bicyclic) bond motifs is 1. The molecule has 0 spiro atoms. The van der Waals surface area contributed by atoms with Gasteiger partial charge in [-0.15, -0.1) is 0 Å². The van der Waals surface area contributed by atoms with Crippen LogP contribution in [0.4, 0.5) is 22.0 Å². The quantitative estimate of drug-likeness (QED) is 0.191. The van der Waals surface area contributed by atoms with E-state index in [4.69, 9.17) is 16.0 Å². The van der Waals surface area contributed by atoms with Crippen molar-refractivity contribution in [3.8, 4) is 5.75 Å². The van der Waals surface area contributed by atoms with E-state index < -0.39 is 40.8 Å². The van der Waals surface area contributed by atoms with Crippen LogP contribution in [0.25, 0.3) is 11.0 Å². The molecule has 52 heavy (non-hydrogen) atoms. The third kappa shape index (κ3) is 9.63. The summed E-state index contributed by atoms with van der Waals surface area (Å²) in [6.07, 6.45) is -3.40. The number of hydrogen-bond acceptors (Lipinski definition) is 6. The van der Waals surface area contributed by atoms with Crippen molar-refractivity contribution in [3.05, 3.63) is 75.1 Å². The summed E-state index contributed by atoms with van der Waals surface area (Å²) in [5.74, 6) is -1.46. The second-order valence-corrected chi connectivity index (χ2v) is 15.5. The minimum absolute atomic E-state index is 0.138.